The average Bonchev–Trinajstić information content (AvgIpc) is 3.28. The highest BCUT2D eigenvalue weighted by molar-refractivity contribution is 7.84. The first-order chi connectivity index (χ1) is 15.6. The Morgan fingerprint density at radius 1 is 1.09 bits per heavy atom. The third kappa shape index (κ3) is 4.08. The number of aromatic nitrogens is 4. The summed E-state index contributed by atoms with van der Waals surface area (Å²) < 4.78 is 17.5. The van der Waals surface area contributed by atoms with Gasteiger partial charge in [-0.25, -0.2) is 19.9 Å². The summed E-state index contributed by atoms with van der Waals surface area (Å²) >= 11 is 1.60. The lowest BCUT2D eigenvalue weighted by atomic mass is 10.1. The molecule has 0 radical (unpaired) electrons. The van der Waals surface area contributed by atoms with Gasteiger partial charge in [0.05, 0.1) is 24.2 Å². The molecule has 10 heteroatoms. The van der Waals surface area contributed by atoms with Crippen LogP contribution in [0.5, 0.6) is 0 Å². The smallest absolute Gasteiger partial charge is 0.222 e. The summed E-state index contributed by atoms with van der Waals surface area (Å²) in [5.74, 6) is 2.04. The lowest BCUT2D eigenvalue weighted by Gasteiger charge is -2.28. The molecule has 0 amide bonds. The number of rotatable bonds is 5. The van der Waals surface area contributed by atoms with E-state index in [1.807, 2.05) is 24.3 Å². The van der Waals surface area contributed by atoms with Gasteiger partial charge in [-0.3, -0.25) is 4.21 Å². The van der Waals surface area contributed by atoms with Gasteiger partial charge in [-0.1, -0.05) is 12.1 Å². The fraction of sp³-hybridized carbons (Fsp3) is 0.273. The van der Waals surface area contributed by atoms with Crippen molar-refractivity contribution in [2.24, 2.45) is 0 Å². The van der Waals surface area contributed by atoms with Crippen molar-refractivity contribution in [3.63, 3.8) is 0 Å². The Morgan fingerprint density at radius 2 is 1.88 bits per heavy atom. The Balaban J connectivity index is 1.65. The number of nitrogens with zero attached hydrogens (tertiary/aromatic N) is 5. The number of thiophene rings is 1. The molecule has 1 atom stereocenters. The number of benzene rings is 1. The Morgan fingerprint density at radius 3 is 2.59 bits per heavy atom. The topological polar surface area (TPSA) is 93.1 Å². The molecular weight excluding hydrogens is 444 g/mol. The van der Waals surface area contributed by atoms with Gasteiger partial charge < -0.3 is 15.0 Å². The second-order valence-corrected chi connectivity index (χ2v) is 9.74. The Kier molecular flexibility index (Phi) is 5.81. The zero-order valence-corrected chi connectivity index (χ0v) is 19.4. The fourth-order valence-corrected chi connectivity index (χ4v) is 5.18. The van der Waals surface area contributed by atoms with Crippen LogP contribution in [0.15, 0.2) is 47.6 Å². The van der Waals surface area contributed by atoms with Crippen LogP contribution in [-0.4, -0.2) is 63.8 Å². The van der Waals surface area contributed by atoms with Crippen LogP contribution in [0.1, 0.15) is 0 Å². The highest BCUT2D eigenvalue weighted by Crippen LogP contribution is 2.38. The molecule has 4 heterocycles. The Labute approximate surface area is 192 Å². The minimum Gasteiger partial charge on any atom is -0.378 e. The van der Waals surface area contributed by atoms with Crippen LogP contribution in [0, 0.1) is 0 Å². The van der Waals surface area contributed by atoms with Gasteiger partial charge in [0.2, 0.25) is 5.95 Å². The second-order valence-electron chi connectivity index (χ2n) is 7.33. The molecule has 3 aromatic heterocycles. The van der Waals surface area contributed by atoms with E-state index in [0.717, 1.165) is 50.0 Å². The van der Waals surface area contributed by atoms with Gasteiger partial charge in [-0.2, -0.15) is 0 Å². The Bertz CT molecular complexity index is 1290. The summed E-state index contributed by atoms with van der Waals surface area (Å²) in [6.45, 7) is 2.89. The quantitative estimate of drug-likeness (QED) is 0.478. The van der Waals surface area contributed by atoms with Crippen LogP contribution in [0.2, 0.25) is 0 Å². The highest BCUT2D eigenvalue weighted by atomic mass is 32.2. The van der Waals surface area contributed by atoms with Gasteiger partial charge in [-0.15, -0.1) is 11.3 Å². The molecule has 0 spiro atoms. The molecule has 0 bridgehead atoms. The van der Waals surface area contributed by atoms with Gasteiger partial charge in [0, 0.05) is 59.4 Å². The largest absolute Gasteiger partial charge is 0.378 e. The molecule has 1 fully saturated rings. The van der Waals surface area contributed by atoms with E-state index >= 15 is 0 Å². The molecule has 1 N–H and O–H groups in total. The van der Waals surface area contributed by atoms with Crippen molar-refractivity contribution in [3.05, 3.63) is 42.7 Å². The Hall–Kier alpha value is -2.95. The van der Waals surface area contributed by atoms with Crippen molar-refractivity contribution in [1.82, 2.24) is 19.9 Å². The van der Waals surface area contributed by atoms with Crippen LogP contribution >= 0.6 is 11.3 Å². The highest BCUT2D eigenvalue weighted by Gasteiger charge is 2.20. The summed E-state index contributed by atoms with van der Waals surface area (Å²) in [5.41, 5.74) is 1.79. The first-order valence-electron chi connectivity index (χ1n) is 10.2. The lowest BCUT2D eigenvalue weighted by Crippen LogP contribution is -2.37. The van der Waals surface area contributed by atoms with E-state index in [2.05, 4.69) is 26.3 Å². The average molecular weight is 467 g/mol. The van der Waals surface area contributed by atoms with Gasteiger partial charge >= 0.3 is 0 Å². The summed E-state index contributed by atoms with van der Waals surface area (Å²) in [6, 6.07) is 9.98. The zero-order valence-electron chi connectivity index (χ0n) is 17.7. The number of hydrogen-bond donors (Lipinski definition) is 1. The molecule has 1 aliphatic rings. The molecule has 0 aliphatic carbocycles. The van der Waals surface area contributed by atoms with E-state index in [9.17, 15) is 4.21 Å². The van der Waals surface area contributed by atoms with Crippen molar-refractivity contribution in [2.45, 2.75) is 4.90 Å². The number of fused-ring (bicyclic) bond motifs is 1. The summed E-state index contributed by atoms with van der Waals surface area (Å²) in [7, 11) is 0.747. The van der Waals surface area contributed by atoms with E-state index in [4.69, 9.17) is 14.7 Å². The normalized spacial score (nSPS) is 15.1. The molecule has 1 aliphatic heterocycles. The van der Waals surface area contributed by atoms with Gasteiger partial charge in [0.15, 0.2) is 5.82 Å². The molecule has 8 nitrogen and oxygen atoms in total. The maximum atomic E-state index is 12.0. The monoisotopic (exact) mass is 466 g/mol. The molecule has 5 rings (SSSR count). The van der Waals surface area contributed by atoms with E-state index < -0.39 is 10.8 Å². The predicted molar refractivity (Wildman–Crippen MR) is 129 cm³/mol. The van der Waals surface area contributed by atoms with E-state index in [1.165, 1.54) is 0 Å². The third-order valence-corrected chi connectivity index (χ3v) is 7.26. The van der Waals surface area contributed by atoms with Crippen LogP contribution in [0.4, 0.5) is 11.8 Å². The maximum absolute atomic E-state index is 12.0. The van der Waals surface area contributed by atoms with Gasteiger partial charge in [0.1, 0.15) is 10.6 Å². The molecule has 1 aromatic carbocycles. The predicted octanol–water partition coefficient (Wildman–Crippen LogP) is 3.43. The molecule has 0 saturated carbocycles. The van der Waals surface area contributed by atoms with E-state index in [-0.39, 0.29) is 0 Å². The van der Waals surface area contributed by atoms with Crippen molar-refractivity contribution in [1.29, 1.82) is 0 Å². The molecule has 164 valence electrons. The van der Waals surface area contributed by atoms with Gasteiger partial charge in [-0.05, 0) is 23.8 Å². The molecule has 1 unspecified atom stereocenters. The molecular formula is C22H22N6O2S2. The number of morpholine rings is 1. The zero-order chi connectivity index (χ0) is 22.1. The van der Waals surface area contributed by atoms with Gasteiger partial charge in [0.25, 0.3) is 0 Å². The third-order valence-electron chi connectivity index (χ3n) is 5.27. The number of ether oxygens (including phenoxy) is 1. The molecule has 32 heavy (non-hydrogen) atoms. The summed E-state index contributed by atoms with van der Waals surface area (Å²) in [4.78, 5) is 23.4. The number of nitrogens with one attached hydrogen (secondary N) is 1. The standard InChI is InChI=1S/C22H22N6O2S2/c1-23-22-24-12-15(13-25-22)19-26-20(28-6-8-30-9-7-28)17-11-18(31-21(17)27-19)14-4-3-5-16(10-14)32(2)29/h3-5,10-13H,6-9H2,1-2H3,(H,23,24,25). The number of anilines is 2. The summed E-state index contributed by atoms with van der Waals surface area (Å²) in [5, 5.41) is 3.93. The van der Waals surface area contributed by atoms with Crippen LogP contribution in [0.3, 0.4) is 0 Å². The van der Waals surface area contributed by atoms with Crippen LogP contribution < -0.4 is 10.2 Å². The van der Waals surface area contributed by atoms with E-state index in [0.29, 0.717) is 25.0 Å². The SMILES string of the molecule is CNc1ncc(-c2nc(N3CCOCC3)c3cc(-c4cccc(S(C)=O)c4)sc3n2)cn1. The van der Waals surface area contributed by atoms with Crippen LogP contribution in [0.25, 0.3) is 32.0 Å². The first kappa shape index (κ1) is 20.9. The second kappa shape index (κ2) is 8.89. The molecule has 1 saturated heterocycles. The van der Waals surface area contributed by atoms with Crippen molar-refractivity contribution >= 4 is 44.1 Å². The lowest BCUT2D eigenvalue weighted by molar-refractivity contribution is 0.122. The van der Waals surface area contributed by atoms with E-state index in [1.54, 1.807) is 37.0 Å². The van der Waals surface area contributed by atoms with Crippen molar-refractivity contribution < 1.29 is 8.95 Å². The summed E-state index contributed by atoms with van der Waals surface area (Å²) in [6.07, 6.45) is 5.16. The number of hydrogen-bond acceptors (Lipinski definition) is 9. The first-order valence-corrected chi connectivity index (χ1v) is 12.6. The molecule has 4 aromatic rings. The minimum absolute atomic E-state index is 0.551. The van der Waals surface area contributed by atoms with Crippen LogP contribution in [-0.2, 0) is 15.5 Å². The minimum atomic E-state index is -1.03. The van der Waals surface area contributed by atoms with Crippen molar-refractivity contribution in [3.8, 4) is 21.8 Å². The van der Waals surface area contributed by atoms with Crippen molar-refractivity contribution in [2.75, 3.05) is 49.8 Å². The maximum Gasteiger partial charge on any atom is 0.222 e. The fourth-order valence-electron chi connectivity index (χ4n) is 3.59.